The second-order valence-electron chi connectivity index (χ2n) is 20.5. The zero-order valence-corrected chi connectivity index (χ0v) is 42.0. The van der Waals surface area contributed by atoms with E-state index in [1.807, 2.05) is 24.8 Å². The van der Waals surface area contributed by atoms with Gasteiger partial charge in [-0.3, -0.25) is 9.97 Å². The number of morpholine rings is 2. The summed E-state index contributed by atoms with van der Waals surface area (Å²) in [6.45, 7) is 24.2. The fraction of sp³-hybridized carbons (Fsp3) is 0.379. The molecule has 8 aromatic rings. The van der Waals surface area contributed by atoms with Crippen LogP contribution in [0.4, 0.5) is 11.4 Å². The Bertz CT molecular complexity index is 2990. The molecule has 70 heavy (non-hydrogen) atoms. The summed E-state index contributed by atoms with van der Waals surface area (Å²) in [7, 11) is 0. The van der Waals surface area contributed by atoms with Crippen LogP contribution in [-0.2, 0) is 9.47 Å². The zero-order chi connectivity index (χ0) is 48.2. The Kier molecular flexibility index (Phi) is 12.5. The molecule has 4 fully saturated rings. The van der Waals surface area contributed by atoms with Gasteiger partial charge in [0.25, 0.3) is 0 Å². The van der Waals surface area contributed by atoms with Crippen LogP contribution in [0.3, 0.4) is 0 Å². The lowest BCUT2D eigenvalue weighted by atomic mass is 9.95. The molecule has 0 bridgehead atoms. The highest BCUT2D eigenvalue weighted by atomic mass is 16.5. The van der Waals surface area contributed by atoms with Crippen LogP contribution >= 0.6 is 0 Å². The van der Waals surface area contributed by atoms with Crippen LogP contribution < -0.4 is 20.4 Å². The average Bonchev–Trinajstić information content (AvgIpc) is 3.98. The van der Waals surface area contributed by atoms with Gasteiger partial charge in [-0.25, -0.2) is 9.97 Å². The zero-order valence-electron chi connectivity index (χ0n) is 42.0. The molecule has 4 aliphatic heterocycles. The van der Waals surface area contributed by atoms with Crippen LogP contribution in [0.25, 0.3) is 67.1 Å². The first kappa shape index (κ1) is 46.0. The summed E-state index contributed by atoms with van der Waals surface area (Å²) >= 11 is 0. The van der Waals surface area contributed by atoms with Gasteiger partial charge in [0.2, 0.25) is 0 Å². The van der Waals surface area contributed by atoms with Crippen LogP contribution in [0.2, 0.25) is 0 Å². The van der Waals surface area contributed by atoms with Crippen LogP contribution in [0.5, 0.6) is 0 Å². The molecule has 4 aliphatic rings. The summed E-state index contributed by atoms with van der Waals surface area (Å²) in [5.74, 6) is 1.74. The third-order valence-corrected chi connectivity index (χ3v) is 14.7. The number of H-pyrrole nitrogens is 2. The van der Waals surface area contributed by atoms with Gasteiger partial charge in [-0.05, 0) is 114 Å². The van der Waals surface area contributed by atoms with Crippen molar-refractivity contribution in [2.75, 3.05) is 62.3 Å². The molecule has 0 radical (unpaired) electrons. The average molecular weight is 935 g/mol. The van der Waals surface area contributed by atoms with Gasteiger partial charge >= 0.3 is 0 Å². The van der Waals surface area contributed by atoms with E-state index in [0.717, 1.165) is 121 Å². The highest BCUT2D eigenvalue weighted by Crippen LogP contribution is 2.43. The van der Waals surface area contributed by atoms with E-state index >= 15 is 0 Å². The summed E-state index contributed by atoms with van der Waals surface area (Å²) in [6, 6.07) is 23.0. The topological polar surface area (TPSA) is 132 Å². The van der Waals surface area contributed by atoms with E-state index < -0.39 is 0 Å². The molecule has 0 amide bonds. The first-order valence-corrected chi connectivity index (χ1v) is 25.2. The van der Waals surface area contributed by atoms with Crippen LogP contribution in [0.1, 0.15) is 57.3 Å². The molecule has 12 heteroatoms. The maximum absolute atomic E-state index is 6.20. The molecule has 12 nitrogen and oxygen atoms in total. The smallest absolute Gasteiger partial charge is 0.142 e. The number of aromatic nitrogens is 6. The summed E-state index contributed by atoms with van der Waals surface area (Å²) in [6.07, 6.45) is 10.4. The number of rotatable bonds is 6. The second-order valence-corrected chi connectivity index (χ2v) is 20.5. The number of pyridine rings is 2. The van der Waals surface area contributed by atoms with Crippen LogP contribution in [0, 0.1) is 55.4 Å². The van der Waals surface area contributed by atoms with Gasteiger partial charge in [-0.2, -0.15) is 0 Å². The normalized spacial score (nSPS) is 20.3. The standard InChI is InChI=1S/2C29H33N5O/c2*1-17-9-18(2)12-21(11-17)22-14-30-15-23(29-32-25-13-19(3)10-20(4)27(25)33-29)28(22)34-7-5-24-26(16-34)35-8-6-31-24/h2*9-15,24,26,31H,5-8,16H2,1-4H3,(H,32,33)/t2*24-,26-/m10/s1. The number of hydrogen-bond donors (Lipinski definition) is 4. The monoisotopic (exact) mass is 935 g/mol. The summed E-state index contributed by atoms with van der Waals surface area (Å²) in [5, 5.41) is 7.29. The van der Waals surface area contributed by atoms with Crippen molar-refractivity contribution in [3.05, 3.63) is 130 Å². The van der Waals surface area contributed by atoms with Crippen LogP contribution in [0.15, 0.2) is 85.5 Å². The second kappa shape index (κ2) is 19.0. The van der Waals surface area contributed by atoms with Crippen molar-refractivity contribution in [2.45, 2.75) is 92.5 Å². The maximum Gasteiger partial charge on any atom is 0.142 e. The minimum absolute atomic E-state index is 0.186. The fourth-order valence-electron chi connectivity index (χ4n) is 11.8. The number of imidazole rings is 2. The molecule has 4 aromatic carbocycles. The lowest BCUT2D eigenvalue weighted by Gasteiger charge is -2.43. The number of aromatic amines is 2. The van der Waals surface area contributed by atoms with E-state index in [9.17, 15) is 0 Å². The molecule has 4 saturated heterocycles. The van der Waals surface area contributed by atoms with E-state index in [0.29, 0.717) is 12.1 Å². The highest BCUT2D eigenvalue weighted by Gasteiger charge is 2.36. The van der Waals surface area contributed by atoms with Crippen molar-refractivity contribution >= 4 is 33.4 Å². The van der Waals surface area contributed by atoms with E-state index in [1.165, 1.54) is 67.0 Å². The number of ether oxygens (including phenoxy) is 2. The van der Waals surface area contributed by atoms with Crippen molar-refractivity contribution in [1.82, 2.24) is 40.5 Å². The van der Waals surface area contributed by atoms with Crippen LogP contribution in [-0.4, -0.2) is 107 Å². The van der Waals surface area contributed by atoms with Gasteiger partial charge in [0.05, 0.1) is 70.0 Å². The van der Waals surface area contributed by atoms with Crippen molar-refractivity contribution in [3.63, 3.8) is 0 Å². The van der Waals surface area contributed by atoms with Crippen molar-refractivity contribution in [2.24, 2.45) is 0 Å². The number of piperidine rings is 2. The van der Waals surface area contributed by atoms with E-state index in [1.54, 1.807) is 0 Å². The predicted molar refractivity (Wildman–Crippen MR) is 284 cm³/mol. The van der Waals surface area contributed by atoms with E-state index in [-0.39, 0.29) is 12.2 Å². The number of hydrogen-bond acceptors (Lipinski definition) is 10. The lowest BCUT2D eigenvalue weighted by Crippen LogP contribution is -2.57. The quantitative estimate of drug-likeness (QED) is 0.128. The largest absolute Gasteiger partial charge is 0.373 e. The molecule has 0 spiro atoms. The molecular formula is C58H66N10O2. The predicted octanol–water partition coefficient (Wildman–Crippen LogP) is 10.2. The first-order valence-electron chi connectivity index (χ1n) is 25.2. The van der Waals surface area contributed by atoms with Gasteiger partial charge in [-0.15, -0.1) is 0 Å². The van der Waals surface area contributed by atoms with E-state index in [2.05, 4.69) is 146 Å². The Balaban J connectivity index is 0.000000152. The summed E-state index contributed by atoms with van der Waals surface area (Å²) < 4.78 is 12.4. The molecule has 0 saturated carbocycles. The Morgan fingerprint density at radius 1 is 0.471 bits per heavy atom. The molecule has 4 aromatic heterocycles. The number of aryl methyl sites for hydroxylation is 8. The number of nitrogens with one attached hydrogen (secondary N) is 4. The third kappa shape index (κ3) is 9.09. The van der Waals surface area contributed by atoms with Crippen molar-refractivity contribution < 1.29 is 9.47 Å². The number of anilines is 2. The molecule has 8 heterocycles. The SMILES string of the molecule is Cc1cc(C)cc(-c2cncc(-c3nc4c(C)cc(C)cc4[nH]3)c2N2CC[C@@H]3NCCO[C@H]3C2)c1.Cc1cc(C)cc(-c2cncc(-c3nc4c(C)cc(C)cc4[nH]3)c2N2CC[C@H]3NCCO[C@@H]3C2)c1. The van der Waals surface area contributed by atoms with Gasteiger partial charge < -0.3 is 39.9 Å². The number of nitrogens with zero attached hydrogens (tertiary/aromatic N) is 6. The Morgan fingerprint density at radius 3 is 1.27 bits per heavy atom. The molecule has 12 rings (SSSR count). The highest BCUT2D eigenvalue weighted by molar-refractivity contribution is 5.93. The van der Waals surface area contributed by atoms with Gasteiger partial charge in [0.1, 0.15) is 11.6 Å². The van der Waals surface area contributed by atoms with Crippen molar-refractivity contribution in [3.8, 4) is 45.0 Å². The fourth-order valence-corrected chi connectivity index (χ4v) is 11.8. The molecule has 4 atom stereocenters. The number of benzene rings is 4. The first-order chi connectivity index (χ1) is 33.9. The summed E-state index contributed by atoms with van der Waals surface area (Å²) in [4.78, 5) is 31.8. The van der Waals surface area contributed by atoms with Gasteiger partial charge in [0.15, 0.2) is 0 Å². The number of fused-ring (bicyclic) bond motifs is 4. The Hall–Kier alpha value is -6.44. The molecule has 360 valence electrons. The van der Waals surface area contributed by atoms with Gasteiger partial charge in [-0.1, -0.05) is 70.8 Å². The van der Waals surface area contributed by atoms with Gasteiger partial charge in [0, 0.05) is 87.3 Å². The lowest BCUT2D eigenvalue weighted by molar-refractivity contribution is -0.00905. The Labute approximate surface area is 411 Å². The molecule has 4 N–H and O–H groups in total. The minimum Gasteiger partial charge on any atom is -0.373 e. The van der Waals surface area contributed by atoms with E-state index in [4.69, 9.17) is 29.4 Å². The van der Waals surface area contributed by atoms with Crippen molar-refractivity contribution in [1.29, 1.82) is 0 Å². The minimum atomic E-state index is 0.186. The molecular weight excluding hydrogens is 869 g/mol. The summed E-state index contributed by atoms with van der Waals surface area (Å²) in [5.41, 5.74) is 23.2. The molecule has 0 aliphatic carbocycles. The third-order valence-electron chi connectivity index (χ3n) is 14.7. The Morgan fingerprint density at radius 2 is 0.857 bits per heavy atom. The molecule has 0 unspecified atom stereocenters. The maximum atomic E-state index is 6.20.